The van der Waals surface area contributed by atoms with E-state index in [1.54, 1.807) is 12.1 Å². The maximum atomic E-state index is 13.3. The van der Waals surface area contributed by atoms with Crippen LogP contribution in [0.5, 0.6) is 0 Å². The molecule has 2 aliphatic carbocycles. The summed E-state index contributed by atoms with van der Waals surface area (Å²) < 4.78 is 27.8. The number of hydrogen-bond acceptors (Lipinski definition) is 3. The Hall–Kier alpha value is -2.05. The molecule has 0 unspecified atom stereocenters. The summed E-state index contributed by atoms with van der Waals surface area (Å²) in [4.78, 5) is 12.9. The van der Waals surface area contributed by atoms with Gasteiger partial charge in [0.25, 0.3) is 10.0 Å². The zero-order valence-corrected chi connectivity index (χ0v) is 17.9. The molecule has 4 rings (SSSR count). The summed E-state index contributed by atoms with van der Waals surface area (Å²) in [6.45, 7) is 1.69. The Labute approximate surface area is 177 Å². The van der Waals surface area contributed by atoms with E-state index >= 15 is 0 Å². The quantitative estimate of drug-likeness (QED) is 0.745. The molecule has 3 atom stereocenters. The van der Waals surface area contributed by atoms with Gasteiger partial charge in [0.2, 0.25) is 5.91 Å². The van der Waals surface area contributed by atoms with Gasteiger partial charge in [0, 0.05) is 11.1 Å². The molecule has 1 N–H and O–H groups in total. The number of halogens is 1. The number of sulfonamides is 1. The van der Waals surface area contributed by atoms with Gasteiger partial charge in [-0.1, -0.05) is 35.7 Å². The molecule has 2 fully saturated rings. The van der Waals surface area contributed by atoms with Gasteiger partial charge >= 0.3 is 0 Å². The number of benzene rings is 2. The smallest absolute Gasteiger partial charge is 0.264 e. The summed E-state index contributed by atoms with van der Waals surface area (Å²) in [6.07, 6.45) is 4.58. The van der Waals surface area contributed by atoms with E-state index in [1.165, 1.54) is 41.4 Å². The minimum Gasteiger partial charge on any atom is -0.352 e. The minimum absolute atomic E-state index is 0.107. The molecule has 1 amide bonds. The van der Waals surface area contributed by atoms with Crippen LogP contribution < -0.4 is 9.62 Å². The van der Waals surface area contributed by atoms with Crippen LogP contribution in [0.25, 0.3) is 0 Å². The van der Waals surface area contributed by atoms with Crippen LogP contribution in [0.15, 0.2) is 53.4 Å². The standard InChI is InChI=1S/C22H25ClN2O3S/c1-15-2-8-19(9-3-15)25(29(27,28)20-10-6-18(23)7-11-20)14-22(26)24-21-13-16-4-5-17(21)12-16/h2-3,6-11,16-17,21H,4-5,12-14H2,1H3,(H,24,26)/t16-,17-,21+/m1/s1. The summed E-state index contributed by atoms with van der Waals surface area (Å²) in [5.41, 5.74) is 1.48. The highest BCUT2D eigenvalue weighted by Gasteiger charge is 2.40. The van der Waals surface area contributed by atoms with Gasteiger partial charge in [-0.05, 0) is 74.4 Å². The number of rotatable bonds is 6. The van der Waals surface area contributed by atoms with Crippen molar-refractivity contribution < 1.29 is 13.2 Å². The molecule has 7 heteroatoms. The Morgan fingerprint density at radius 3 is 2.34 bits per heavy atom. The first-order valence-electron chi connectivity index (χ1n) is 9.97. The third kappa shape index (κ3) is 4.28. The van der Waals surface area contributed by atoms with Crippen LogP contribution >= 0.6 is 11.6 Å². The SMILES string of the molecule is Cc1ccc(N(CC(=O)N[C@H]2C[C@@H]3CC[C@@H]2C3)S(=O)(=O)c2ccc(Cl)cc2)cc1. The monoisotopic (exact) mass is 432 g/mol. The predicted octanol–water partition coefficient (Wildman–Crippen LogP) is 4.15. The van der Waals surface area contributed by atoms with Gasteiger partial charge in [0.05, 0.1) is 10.6 Å². The largest absolute Gasteiger partial charge is 0.352 e. The second kappa shape index (κ2) is 8.00. The topological polar surface area (TPSA) is 66.5 Å². The van der Waals surface area contributed by atoms with E-state index in [4.69, 9.17) is 11.6 Å². The lowest BCUT2D eigenvalue weighted by molar-refractivity contribution is -0.120. The maximum absolute atomic E-state index is 13.3. The molecule has 2 aromatic carbocycles. The van der Waals surface area contributed by atoms with Gasteiger partial charge in [-0.25, -0.2) is 8.42 Å². The van der Waals surface area contributed by atoms with Crippen molar-refractivity contribution >= 4 is 33.2 Å². The first kappa shape index (κ1) is 20.2. The molecule has 0 heterocycles. The van der Waals surface area contributed by atoms with Gasteiger partial charge in [0.1, 0.15) is 6.54 Å². The molecule has 0 aromatic heterocycles. The highest BCUT2D eigenvalue weighted by Crippen LogP contribution is 2.44. The third-order valence-electron chi connectivity index (χ3n) is 6.10. The first-order valence-corrected chi connectivity index (χ1v) is 11.8. The van der Waals surface area contributed by atoms with Crippen LogP contribution in [0.1, 0.15) is 31.2 Å². The molecule has 2 aliphatic rings. The highest BCUT2D eigenvalue weighted by atomic mass is 35.5. The van der Waals surface area contributed by atoms with Crippen LogP contribution in [-0.4, -0.2) is 26.9 Å². The number of carbonyl (C=O) groups is 1. The lowest BCUT2D eigenvalue weighted by atomic mass is 9.95. The Bertz CT molecular complexity index is 990. The molecule has 5 nitrogen and oxygen atoms in total. The molecule has 2 aromatic rings. The molecule has 0 radical (unpaired) electrons. The average Bonchev–Trinajstić information content (AvgIpc) is 3.30. The molecule has 0 saturated heterocycles. The summed E-state index contributed by atoms with van der Waals surface area (Å²) in [5, 5.41) is 3.55. The highest BCUT2D eigenvalue weighted by molar-refractivity contribution is 7.92. The number of carbonyl (C=O) groups excluding carboxylic acids is 1. The van der Waals surface area contributed by atoms with Crippen LogP contribution in [0.2, 0.25) is 5.02 Å². The molecular weight excluding hydrogens is 408 g/mol. The summed E-state index contributed by atoms with van der Waals surface area (Å²) in [5.74, 6) is 0.974. The van der Waals surface area contributed by atoms with Gasteiger partial charge in [0.15, 0.2) is 0 Å². The maximum Gasteiger partial charge on any atom is 0.264 e. The van der Waals surface area contributed by atoms with E-state index in [0.717, 1.165) is 18.4 Å². The second-order valence-corrected chi connectivity index (χ2v) is 10.4. The fourth-order valence-electron chi connectivity index (χ4n) is 4.56. The lowest BCUT2D eigenvalue weighted by Gasteiger charge is -2.27. The third-order valence-corrected chi connectivity index (χ3v) is 8.14. The number of aryl methyl sites for hydroxylation is 1. The van der Waals surface area contributed by atoms with Crippen molar-refractivity contribution in [1.82, 2.24) is 5.32 Å². The zero-order chi connectivity index (χ0) is 20.6. The Kier molecular flexibility index (Phi) is 5.58. The van der Waals surface area contributed by atoms with Crippen molar-refractivity contribution in [1.29, 1.82) is 0 Å². The van der Waals surface area contributed by atoms with Crippen molar-refractivity contribution in [3.8, 4) is 0 Å². The molecule has 29 heavy (non-hydrogen) atoms. The lowest BCUT2D eigenvalue weighted by Crippen LogP contribution is -2.46. The number of nitrogens with one attached hydrogen (secondary N) is 1. The van der Waals surface area contributed by atoms with E-state index in [-0.39, 0.29) is 23.4 Å². The molecule has 0 spiro atoms. The van der Waals surface area contributed by atoms with E-state index in [2.05, 4.69) is 5.32 Å². The van der Waals surface area contributed by atoms with E-state index in [1.807, 2.05) is 19.1 Å². The van der Waals surface area contributed by atoms with Crippen LogP contribution in [0.4, 0.5) is 5.69 Å². The van der Waals surface area contributed by atoms with Gasteiger partial charge in [-0.2, -0.15) is 0 Å². The first-order chi connectivity index (χ1) is 13.8. The van der Waals surface area contributed by atoms with Crippen LogP contribution in [-0.2, 0) is 14.8 Å². The molecular formula is C22H25ClN2O3S. The molecule has 2 saturated carbocycles. The minimum atomic E-state index is -3.91. The Morgan fingerprint density at radius 1 is 1.07 bits per heavy atom. The Balaban J connectivity index is 1.59. The number of nitrogens with zero attached hydrogens (tertiary/aromatic N) is 1. The van der Waals surface area contributed by atoms with Crippen molar-refractivity contribution in [3.05, 3.63) is 59.1 Å². The van der Waals surface area contributed by atoms with Gasteiger partial charge in [-0.3, -0.25) is 9.10 Å². The summed E-state index contributed by atoms with van der Waals surface area (Å²) in [7, 11) is -3.91. The number of anilines is 1. The van der Waals surface area contributed by atoms with E-state index in [9.17, 15) is 13.2 Å². The number of amides is 1. The van der Waals surface area contributed by atoms with Crippen molar-refractivity contribution in [2.45, 2.75) is 43.5 Å². The van der Waals surface area contributed by atoms with Crippen LogP contribution in [0.3, 0.4) is 0 Å². The normalized spacial score (nSPS) is 23.2. The van der Waals surface area contributed by atoms with Gasteiger partial charge in [-0.15, -0.1) is 0 Å². The summed E-state index contributed by atoms with van der Waals surface area (Å²) in [6, 6.07) is 13.3. The van der Waals surface area contributed by atoms with Crippen LogP contribution in [0, 0.1) is 18.8 Å². The molecule has 0 aliphatic heterocycles. The Morgan fingerprint density at radius 2 is 1.76 bits per heavy atom. The number of hydrogen-bond donors (Lipinski definition) is 1. The molecule has 154 valence electrons. The van der Waals surface area contributed by atoms with E-state index in [0.29, 0.717) is 22.5 Å². The summed E-state index contributed by atoms with van der Waals surface area (Å²) >= 11 is 5.91. The number of fused-ring (bicyclic) bond motifs is 2. The van der Waals surface area contributed by atoms with Crippen molar-refractivity contribution in [2.24, 2.45) is 11.8 Å². The van der Waals surface area contributed by atoms with Crippen molar-refractivity contribution in [3.63, 3.8) is 0 Å². The van der Waals surface area contributed by atoms with E-state index < -0.39 is 10.0 Å². The molecule has 2 bridgehead atoms. The zero-order valence-electron chi connectivity index (χ0n) is 16.3. The average molecular weight is 433 g/mol. The van der Waals surface area contributed by atoms with Gasteiger partial charge < -0.3 is 5.32 Å². The fourth-order valence-corrected chi connectivity index (χ4v) is 6.11. The van der Waals surface area contributed by atoms with Crippen molar-refractivity contribution in [2.75, 3.05) is 10.8 Å². The second-order valence-electron chi connectivity index (χ2n) is 8.15. The fraction of sp³-hybridized carbons (Fsp3) is 0.409. The predicted molar refractivity (Wildman–Crippen MR) is 115 cm³/mol.